The monoisotopic (exact) mass is 282 g/mol. The van der Waals surface area contributed by atoms with Crippen molar-refractivity contribution in [2.24, 2.45) is 0 Å². The zero-order chi connectivity index (χ0) is 14.4. The average molecular weight is 282 g/mol. The zero-order valence-corrected chi connectivity index (χ0v) is 13.7. The summed E-state index contributed by atoms with van der Waals surface area (Å²) in [6, 6.07) is 0.471. The molecule has 0 bridgehead atoms. The van der Waals surface area contributed by atoms with Crippen LogP contribution in [0.5, 0.6) is 0 Å². The molecule has 0 aliphatic carbocycles. The third-order valence-corrected chi connectivity index (χ3v) is 3.99. The van der Waals surface area contributed by atoms with Crippen molar-refractivity contribution in [1.29, 1.82) is 0 Å². The second-order valence-electron chi connectivity index (χ2n) is 5.16. The molecular formula is C14H26N4S. The lowest BCUT2D eigenvalue weighted by atomic mass is 10.2. The van der Waals surface area contributed by atoms with E-state index in [-0.39, 0.29) is 0 Å². The molecule has 5 heteroatoms. The molecule has 0 amide bonds. The summed E-state index contributed by atoms with van der Waals surface area (Å²) in [5, 5.41) is 3.19. The Morgan fingerprint density at radius 1 is 1.37 bits per heavy atom. The Balaban J connectivity index is 3.04. The van der Waals surface area contributed by atoms with Crippen LogP contribution in [-0.4, -0.2) is 42.1 Å². The summed E-state index contributed by atoms with van der Waals surface area (Å²) in [4.78, 5) is 11.5. The number of hydrogen-bond donors (Lipinski definition) is 1. The highest BCUT2D eigenvalue weighted by Crippen LogP contribution is 2.22. The first kappa shape index (κ1) is 16.2. The fraction of sp³-hybridized carbons (Fsp3) is 0.714. The molecule has 4 nitrogen and oxygen atoms in total. The number of anilines is 1. The van der Waals surface area contributed by atoms with Crippen LogP contribution >= 0.6 is 11.8 Å². The molecule has 1 N–H and O–H groups in total. The predicted octanol–water partition coefficient (Wildman–Crippen LogP) is 2.51. The Kier molecular flexibility index (Phi) is 6.58. The Morgan fingerprint density at radius 3 is 2.58 bits per heavy atom. The van der Waals surface area contributed by atoms with E-state index in [1.54, 1.807) is 0 Å². The molecule has 1 rings (SSSR count). The number of nitrogens with one attached hydrogen (secondary N) is 1. The van der Waals surface area contributed by atoms with Crippen LogP contribution in [0.4, 0.5) is 5.69 Å². The third kappa shape index (κ3) is 4.35. The molecule has 1 unspecified atom stereocenters. The van der Waals surface area contributed by atoms with Gasteiger partial charge in [-0.25, -0.2) is 9.97 Å². The highest BCUT2D eigenvalue weighted by Gasteiger charge is 2.16. The second kappa shape index (κ2) is 7.70. The Labute approximate surface area is 121 Å². The van der Waals surface area contributed by atoms with Crippen LogP contribution in [0.25, 0.3) is 0 Å². The summed E-state index contributed by atoms with van der Waals surface area (Å²) >= 11 is 1.86. The van der Waals surface area contributed by atoms with Crippen LogP contribution in [-0.2, 0) is 6.54 Å². The van der Waals surface area contributed by atoms with E-state index in [9.17, 15) is 0 Å². The molecule has 0 aliphatic rings. The van der Waals surface area contributed by atoms with E-state index in [0.717, 1.165) is 29.5 Å². The Morgan fingerprint density at radius 2 is 2.05 bits per heavy atom. The minimum absolute atomic E-state index is 0.360. The van der Waals surface area contributed by atoms with Crippen LogP contribution in [0, 0.1) is 0 Å². The van der Waals surface area contributed by atoms with Crippen LogP contribution < -0.4 is 10.2 Å². The minimum atomic E-state index is 0.360. The first-order chi connectivity index (χ1) is 9.01. The summed E-state index contributed by atoms with van der Waals surface area (Å²) in [7, 11) is 4.07. The number of hydrogen-bond acceptors (Lipinski definition) is 5. The van der Waals surface area contributed by atoms with Crippen molar-refractivity contribution in [3.8, 4) is 0 Å². The molecule has 0 aliphatic heterocycles. The van der Waals surface area contributed by atoms with Gasteiger partial charge in [0.05, 0.1) is 17.6 Å². The number of aromatic nitrogens is 2. The highest BCUT2D eigenvalue weighted by atomic mass is 32.2. The average Bonchev–Trinajstić information content (AvgIpc) is 2.38. The maximum Gasteiger partial charge on any atom is 0.131 e. The first-order valence-corrected chi connectivity index (χ1v) is 8.12. The fourth-order valence-electron chi connectivity index (χ4n) is 1.89. The van der Waals surface area contributed by atoms with E-state index in [1.807, 2.05) is 25.0 Å². The SMILES string of the molecule is CNCc1nc(C(C)C)ncc1N(C)C(C)CSC. The standard InChI is InChI=1S/C14H26N4S/c1-10(2)14-16-8-13(12(17-14)7-15-4)18(5)11(3)9-19-6/h8,10-11,15H,7,9H2,1-6H3. The van der Waals surface area contributed by atoms with Crippen LogP contribution in [0.3, 0.4) is 0 Å². The normalized spacial score (nSPS) is 12.8. The van der Waals surface area contributed by atoms with E-state index in [1.165, 1.54) is 0 Å². The van der Waals surface area contributed by atoms with E-state index in [2.05, 4.69) is 49.3 Å². The van der Waals surface area contributed by atoms with Crippen molar-refractivity contribution in [3.63, 3.8) is 0 Å². The topological polar surface area (TPSA) is 41.1 Å². The van der Waals surface area contributed by atoms with Gasteiger partial charge >= 0.3 is 0 Å². The maximum absolute atomic E-state index is 4.70. The lowest BCUT2D eigenvalue weighted by Crippen LogP contribution is -2.32. The molecular weight excluding hydrogens is 256 g/mol. The molecule has 0 saturated heterocycles. The molecule has 0 fully saturated rings. The fourth-order valence-corrected chi connectivity index (χ4v) is 2.59. The van der Waals surface area contributed by atoms with Gasteiger partial charge in [0.2, 0.25) is 0 Å². The van der Waals surface area contributed by atoms with Gasteiger partial charge in [0, 0.05) is 31.3 Å². The summed E-state index contributed by atoms with van der Waals surface area (Å²) in [5.41, 5.74) is 2.21. The summed E-state index contributed by atoms with van der Waals surface area (Å²) in [6.07, 6.45) is 4.10. The van der Waals surface area contributed by atoms with Crippen molar-refractivity contribution in [1.82, 2.24) is 15.3 Å². The van der Waals surface area contributed by atoms with E-state index in [4.69, 9.17) is 4.98 Å². The Bertz CT molecular complexity index is 395. The molecule has 1 heterocycles. The minimum Gasteiger partial charge on any atom is -0.368 e. The maximum atomic E-state index is 4.70. The molecule has 0 radical (unpaired) electrons. The van der Waals surface area contributed by atoms with Gasteiger partial charge in [-0.15, -0.1) is 0 Å². The molecule has 0 aromatic carbocycles. The predicted molar refractivity (Wildman–Crippen MR) is 85.1 cm³/mol. The van der Waals surface area contributed by atoms with Gasteiger partial charge in [-0.05, 0) is 20.2 Å². The van der Waals surface area contributed by atoms with E-state index >= 15 is 0 Å². The summed E-state index contributed by atoms with van der Waals surface area (Å²) < 4.78 is 0. The molecule has 1 aromatic heterocycles. The van der Waals surface area contributed by atoms with E-state index in [0.29, 0.717) is 12.0 Å². The van der Waals surface area contributed by atoms with E-state index < -0.39 is 0 Å². The largest absolute Gasteiger partial charge is 0.368 e. The summed E-state index contributed by atoms with van der Waals surface area (Å²) in [5.74, 6) is 2.38. The third-order valence-electron chi connectivity index (χ3n) is 3.17. The van der Waals surface area contributed by atoms with Crippen molar-refractivity contribution in [2.45, 2.75) is 39.3 Å². The van der Waals surface area contributed by atoms with Crippen molar-refractivity contribution in [3.05, 3.63) is 17.7 Å². The smallest absolute Gasteiger partial charge is 0.131 e. The molecule has 108 valence electrons. The number of thioether (sulfide) groups is 1. The van der Waals surface area contributed by atoms with Crippen LogP contribution in [0.2, 0.25) is 0 Å². The van der Waals surface area contributed by atoms with Gasteiger partial charge in [-0.1, -0.05) is 13.8 Å². The number of nitrogens with zero attached hydrogens (tertiary/aromatic N) is 3. The first-order valence-electron chi connectivity index (χ1n) is 6.73. The molecule has 0 spiro atoms. The molecule has 19 heavy (non-hydrogen) atoms. The van der Waals surface area contributed by atoms with Gasteiger partial charge in [0.1, 0.15) is 5.82 Å². The van der Waals surface area contributed by atoms with Gasteiger partial charge in [0.15, 0.2) is 0 Å². The Hall–Kier alpha value is -0.810. The van der Waals surface area contributed by atoms with Crippen molar-refractivity contribution >= 4 is 17.4 Å². The quantitative estimate of drug-likeness (QED) is 0.832. The van der Waals surface area contributed by atoms with Gasteiger partial charge in [-0.2, -0.15) is 11.8 Å². The van der Waals surface area contributed by atoms with Crippen LogP contribution in [0.1, 0.15) is 38.2 Å². The summed E-state index contributed by atoms with van der Waals surface area (Å²) in [6.45, 7) is 7.25. The zero-order valence-electron chi connectivity index (χ0n) is 12.9. The lowest BCUT2D eigenvalue weighted by molar-refractivity contribution is 0.701. The molecule has 1 atom stereocenters. The molecule has 1 aromatic rings. The van der Waals surface area contributed by atoms with Crippen LogP contribution in [0.15, 0.2) is 6.20 Å². The molecule has 0 saturated carbocycles. The van der Waals surface area contributed by atoms with Crippen molar-refractivity contribution < 1.29 is 0 Å². The second-order valence-corrected chi connectivity index (χ2v) is 6.07. The van der Waals surface area contributed by atoms with Crippen molar-refractivity contribution in [2.75, 3.05) is 31.0 Å². The van der Waals surface area contributed by atoms with Gasteiger partial charge in [0.25, 0.3) is 0 Å². The van der Waals surface area contributed by atoms with Gasteiger partial charge < -0.3 is 10.2 Å². The van der Waals surface area contributed by atoms with Gasteiger partial charge in [-0.3, -0.25) is 0 Å². The lowest BCUT2D eigenvalue weighted by Gasteiger charge is -2.28. The number of rotatable bonds is 7. The highest BCUT2D eigenvalue weighted by molar-refractivity contribution is 7.98.